The number of rotatable bonds is 4. The summed E-state index contributed by atoms with van der Waals surface area (Å²) in [4.78, 5) is 13.6. The summed E-state index contributed by atoms with van der Waals surface area (Å²) in [6.45, 7) is 4.49. The van der Waals surface area contributed by atoms with Gasteiger partial charge < -0.3 is 20.7 Å². The van der Waals surface area contributed by atoms with Gasteiger partial charge in [0.15, 0.2) is 0 Å². The zero-order chi connectivity index (χ0) is 12.3. The molecule has 1 heterocycles. The quantitative estimate of drug-likeness (QED) is 0.559. The Morgan fingerprint density at radius 2 is 2.25 bits per heavy atom. The highest BCUT2D eigenvalue weighted by atomic mass is 16.4. The van der Waals surface area contributed by atoms with Crippen molar-refractivity contribution in [3.63, 3.8) is 0 Å². The summed E-state index contributed by atoms with van der Waals surface area (Å²) in [6, 6.07) is -0.538. The lowest BCUT2D eigenvalue weighted by atomic mass is 9.77. The fraction of sp³-hybridized carbons (Fsp3) is 0.900. The van der Waals surface area contributed by atoms with Crippen LogP contribution in [0.15, 0.2) is 0 Å². The van der Waals surface area contributed by atoms with Crippen LogP contribution in [-0.2, 0) is 4.79 Å². The second-order valence-electron chi connectivity index (χ2n) is 4.57. The lowest BCUT2D eigenvalue weighted by Crippen LogP contribution is -2.53. The van der Waals surface area contributed by atoms with Crippen LogP contribution < -0.4 is 5.73 Å². The average molecular weight is 228 g/mol. The van der Waals surface area contributed by atoms with Gasteiger partial charge in [-0.2, -0.15) is 0 Å². The van der Waals surface area contributed by atoms with Gasteiger partial charge in [-0.25, -0.2) is 0 Å². The van der Waals surface area contributed by atoms with Crippen LogP contribution in [0, 0.1) is 5.92 Å². The van der Waals surface area contributed by atoms with E-state index in [0.29, 0.717) is 13.0 Å². The van der Waals surface area contributed by atoms with E-state index >= 15 is 0 Å². The Kier molecular flexibility index (Phi) is 4.77. The van der Waals surface area contributed by atoms with Crippen molar-refractivity contribution in [1.82, 2.24) is 4.90 Å². The number of carbonyl (C=O) groups excluding carboxylic acids is 1. The van der Waals surface area contributed by atoms with Crippen LogP contribution in [-0.4, -0.2) is 46.5 Å². The predicted octanol–water partition coefficient (Wildman–Crippen LogP) is -0.637. The molecule has 4 N–H and O–H groups in total. The number of hydrogen-bond acceptors (Lipinski definition) is 4. The molecule has 1 saturated heterocycles. The third kappa shape index (κ3) is 2.75. The zero-order valence-electron chi connectivity index (χ0n) is 9.97. The highest BCUT2D eigenvalue weighted by molar-refractivity contribution is 6.43. The Morgan fingerprint density at radius 1 is 1.62 bits per heavy atom. The summed E-state index contributed by atoms with van der Waals surface area (Å²) in [6.07, 6.45) is 2.28. The zero-order valence-corrected chi connectivity index (χ0v) is 9.97. The summed E-state index contributed by atoms with van der Waals surface area (Å²) in [7, 11) is -1.46. The van der Waals surface area contributed by atoms with Crippen molar-refractivity contribution in [1.29, 1.82) is 0 Å². The van der Waals surface area contributed by atoms with Gasteiger partial charge in [0.25, 0.3) is 0 Å². The van der Waals surface area contributed by atoms with Gasteiger partial charge in [0.1, 0.15) is 0 Å². The van der Waals surface area contributed by atoms with E-state index in [1.165, 1.54) is 4.90 Å². The van der Waals surface area contributed by atoms with Gasteiger partial charge in [-0.3, -0.25) is 4.79 Å². The number of hydrogen-bond donors (Lipinski definition) is 3. The summed E-state index contributed by atoms with van der Waals surface area (Å²) in [5.41, 5.74) is 5.86. The molecule has 6 heteroatoms. The molecule has 0 aromatic rings. The number of nitrogens with zero attached hydrogens (tertiary/aromatic N) is 1. The molecule has 0 bridgehead atoms. The molecule has 5 nitrogen and oxygen atoms in total. The van der Waals surface area contributed by atoms with Crippen LogP contribution in [0.5, 0.6) is 0 Å². The van der Waals surface area contributed by atoms with Crippen molar-refractivity contribution in [2.75, 3.05) is 6.54 Å². The van der Waals surface area contributed by atoms with Crippen LogP contribution in [0.3, 0.4) is 0 Å². The van der Waals surface area contributed by atoms with Crippen molar-refractivity contribution < 1.29 is 14.8 Å². The summed E-state index contributed by atoms with van der Waals surface area (Å²) in [5.74, 6) is -0.530. The molecule has 0 aromatic heterocycles. The normalized spacial score (nSPS) is 24.3. The summed E-state index contributed by atoms with van der Waals surface area (Å²) >= 11 is 0. The van der Waals surface area contributed by atoms with E-state index in [9.17, 15) is 4.79 Å². The van der Waals surface area contributed by atoms with E-state index in [0.717, 1.165) is 12.8 Å². The van der Waals surface area contributed by atoms with Crippen LogP contribution in [0.2, 0.25) is 0 Å². The molecule has 1 unspecified atom stereocenters. The predicted molar refractivity (Wildman–Crippen MR) is 62.4 cm³/mol. The molecule has 1 aliphatic heterocycles. The molecule has 92 valence electrons. The van der Waals surface area contributed by atoms with E-state index in [4.69, 9.17) is 15.8 Å². The van der Waals surface area contributed by atoms with Crippen LogP contribution in [0.25, 0.3) is 0 Å². The maximum absolute atomic E-state index is 12.0. The maximum atomic E-state index is 12.0. The lowest BCUT2D eigenvalue weighted by Gasteiger charge is -2.29. The first-order valence-corrected chi connectivity index (χ1v) is 5.91. The van der Waals surface area contributed by atoms with Crippen molar-refractivity contribution in [3.8, 4) is 0 Å². The number of carbonyl (C=O) groups is 1. The molecule has 3 atom stereocenters. The van der Waals surface area contributed by atoms with Gasteiger partial charge in [-0.1, -0.05) is 20.3 Å². The molecular formula is C10H21BN2O3. The average Bonchev–Trinajstić information content (AvgIpc) is 2.74. The molecule has 0 aromatic carbocycles. The third-order valence-corrected chi connectivity index (χ3v) is 3.47. The summed E-state index contributed by atoms with van der Waals surface area (Å²) < 4.78 is 0. The Labute approximate surface area is 96.8 Å². The maximum Gasteiger partial charge on any atom is 0.475 e. The first-order valence-electron chi connectivity index (χ1n) is 5.91. The number of nitrogens with two attached hydrogens (primary N) is 1. The highest BCUT2D eigenvalue weighted by Gasteiger charge is 2.39. The first-order chi connectivity index (χ1) is 7.49. The lowest BCUT2D eigenvalue weighted by molar-refractivity contribution is -0.133. The summed E-state index contributed by atoms with van der Waals surface area (Å²) in [5, 5.41) is 18.3. The molecule has 0 aliphatic carbocycles. The van der Waals surface area contributed by atoms with Crippen molar-refractivity contribution in [2.24, 2.45) is 11.7 Å². The van der Waals surface area contributed by atoms with Gasteiger partial charge in [0.05, 0.1) is 12.0 Å². The van der Waals surface area contributed by atoms with E-state index in [2.05, 4.69) is 0 Å². The van der Waals surface area contributed by atoms with Crippen molar-refractivity contribution >= 4 is 13.0 Å². The largest absolute Gasteiger partial charge is 0.475 e. The van der Waals surface area contributed by atoms with Crippen molar-refractivity contribution in [2.45, 2.75) is 45.1 Å². The molecule has 1 rings (SSSR count). The van der Waals surface area contributed by atoms with Crippen LogP contribution in [0.1, 0.15) is 33.1 Å². The molecule has 1 aliphatic rings. The van der Waals surface area contributed by atoms with Gasteiger partial charge in [0.2, 0.25) is 5.91 Å². The minimum Gasteiger partial charge on any atom is -0.426 e. The van der Waals surface area contributed by atoms with Gasteiger partial charge >= 0.3 is 7.12 Å². The number of likely N-dealkylation sites (tertiary alicyclic amines) is 1. The minimum atomic E-state index is -1.46. The van der Waals surface area contributed by atoms with Gasteiger partial charge in [-0.05, 0) is 18.8 Å². The molecule has 1 fully saturated rings. The highest BCUT2D eigenvalue weighted by Crippen LogP contribution is 2.20. The molecule has 0 spiro atoms. The van der Waals surface area contributed by atoms with Gasteiger partial charge in [0, 0.05) is 6.54 Å². The Bertz CT molecular complexity index is 250. The smallest absolute Gasteiger partial charge is 0.426 e. The molecule has 0 radical (unpaired) electrons. The standard InChI is InChI=1S/C10H21BN2O3/c1-3-7(2)9(12)10(14)13-6-4-5-8(13)11(15)16/h7-9,15-16H,3-6,12H2,1-2H3/t7?,8-,9-/m0/s1. The Hall–Kier alpha value is -0.585. The molecule has 1 amide bonds. The second-order valence-corrected chi connectivity index (χ2v) is 4.57. The van der Waals surface area contributed by atoms with E-state index < -0.39 is 19.1 Å². The van der Waals surface area contributed by atoms with Crippen molar-refractivity contribution in [3.05, 3.63) is 0 Å². The minimum absolute atomic E-state index is 0.115. The molecular weight excluding hydrogens is 207 g/mol. The van der Waals surface area contributed by atoms with Crippen LogP contribution >= 0.6 is 0 Å². The van der Waals surface area contributed by atoms with Crippen LogP contribution in [0.4, 0.5) is 0 Å². The fourth-order valence-electron chi connectivity index (χ4n) is 2.06. The molecule has 16 heavy (non-hydrogen) atoms. The Morgan fingerprint density at radius 3 is 2.75 bits per heavy atom. The van der Waals surface area contributed by atoms with E-state index in [1.807, 2.05) is 13.8 Å². The second kappa shape index (κ2) is 5.66. The van der Waals surface area contributed by atoms with E-state index in [-0.39, 0.29) is 11.8 Å². The topological polar surface area (TPSA) is 86.8 Å². The monoisotopic (exact) mass is 228 g/mol. The fourth-order valence-corrected chi connectivity index (χ4v) is 2.06. The molecule has 0 saturated carbocycles. The Balaban J connectivity index is 2.65. The van der Waals surface area contributed by atoms with Gasteiger partial charge in [-0.15, -0.1) is 0 Å². The number of amides is 1. The first kappa shape index (κ1) is 13.5. The van der Waals surface area contributed by atoms with E-state index in [1.54, 1.807) is 0 Å². The SMILES string of the molecule is CCC(C)[C@H](N)C(=O)N1CCC[C@H]1B(O)O. The third-order valence-electron chi connectivity index (χ3n) is 3.47.